The number of alkyl halides is 1. The highest BCUT2D eigenvalue weighted by Crippen LogP contribution is 2.70. The molecule has 12 nitrogen and oxygen atoms in total. The molecular weight excluding hydrogens is 846 g/mol. The van der Waals surface area contributed by atoms with E-state index < -0.39 is 99.6 Å². The number of pyridine rings is 1. The Morgan fingerprint density at radius 1 is 0.924 bits per heavy atom. The molecule has 2 unspecified atom stereocenters. The van der Waals surface area contributed by atoms with Gasteiger partial charge >= 0.3 is 17.9 Å². The van der Waals surface area contributed by atoms with Crippen LogP contribution in [0.2, 0.25) is 0 Å². The molecular formula is C53H60FNO11. The lowest BCUT2D eigenvalue weighted by atomic mass is 9.44. The molecule has 5 aliphatic rings. The minimum Gasteiger partial charge on any atom is -0.461 e. The van der Waals surface area contributed by atoms with Gasteiger partial charge in [0.1, 0.15) is 23.6 Å². The molecule has 2 aromatic carbocycles. The number of hydrogen-bond acceptors (Lipinski definition) is 12. The first-order valence-corrected chi connectivity index (χ1v) is 23.1. The molecule has 4 fully saturated rings. The number of rotatable bonds is 14. The molecule has 5 aliphatic carbocycles. The first-order valence-electron chi connectivity index (χ1n) is 23.1. The molecule has 3 aromatic rings. The number of benzene rings is 2. The lowest BCUT2D eigenvalue weighted by Crippen LogP contribution is -2.69. The van der Waals surface area contributed by atoms with Crippen molar-refractivity contribution in [2.75, 3.05) is 6.61 Å². The van der Waals surface area contributed by atoms with E-state index in [1.807, 2.05) is 24.3 Å². The van der Waals surface area contributed by atoms with Crippen LogP contribution in [0.5, 0.6) is 0 Å². The molecule has 0 radical (unpaired) electrons. The molecule has 1 heterocycles. The van der Waals surface area contributed by atoms with Crippen molar-refractivity contribution in [3.05, 3.63) is 101 Å². The van der Waals surface area contributed by atoms with Crippen LogP contribution in [-0.4, -0.2) is 80.0 Å². The zero-order valence-electron chi connectivity index (χ0n) is 38.5. The largest absolute Gasteiger partial charge is 0.461 e. The van der Waals surface area contributed by atoms with Gasteiger partial charge in [0.25, 0.3) is 0 Å². The SMILES string of the molecule is C[C@@H]1C[C@H]2[C@@H]3CCC4=CC(=O)C=C[C@]4(C)[C@@]3(F)[C@@H](O)C[C@]2(C)[C@@]1(O)C(=O)COC(=O)C1CC1C(=O)OCc1ccc([C@@H](CCC(=O)OC(C)(C)C)C(=O)Cc2ccc3cnccc3c2)cc1. The lowest BCUT2D eigenvalue weighted by Gasteiger charge is -2.62. The van der Waals surface area contributed by atoms with Crippen LogP contribution in [0.4, 0.5) is 4.39 Å². The summed E-state index contributed by atoms with van der Waals surface area (Å²) in [7, 11) is 0. The minimum absolute atomic E-state index is 0.0447. The Hall–Kier alpha value is -5.40. The maximum atomic E-state index is 17.6. The fraction of sp³-hybridized carbons (Fsp3) is 0.528. The average Bonchev–Trinajstić information content (AvgIpc) is 4.05. The maximum absolute atomic E-state index is 17.6. The predicted octanol–water partition coefficient (Wildman–Crippen LogP) is 7.39. The number of carbonyl (C=O) groups excluding carboxylic acids is 6. The number of ether oxygens (including phenoxy) is 3. The van der Waals surface area contributed by atoms with Gasteiger partial charge in [-0.15, -0.1) is 0 Å². The first kappa shape index (κ1) is 47.1. The quantitative estimate of drug-likeness (QED) is 0.121. The van der Waals surface area contributed by atoms with Crippen LogP contribution in [0.1, 0.15) is 109 Å². The highest BCUT2D eigenvalue weighted by atomic mass is 19.1. The number of nitrogens with zero attached hydrogens (tertiary/aromatic N) is 1. The van der Waals surface area contributed by atoms with Gasteiger partial charge in [0.15, 0.2) is 18.1 Å². The van der Waals surface area contributed by atoms with E-state index in [0.717, 1.165) is 16.3 Å². The first-order chi connectivity index (χ1) is 31.1. The van der Waals surface area contributed by atoms with Crippen LogP contribution in [0, 0.1) is 40.4 Å². The van der Waals surface area contributed by atoms with Crippen molar-refractivity contribution in [2.45, 2.75) is 128 Å². The molecule has 66 heavy (non-hydrogen) atoms. The molecule has 350 valence electrons. The summed E-state index contributed by atoms with van der Waals surface area (Å²) in [6, 6.07) is 14.7. The second-order valence-corrected chi connectivity index (χ2v) is 20.9. The van der Waals surface area contributed by atoms with Crippen LogP contribution in [0.15, 0.2) is 84.7 Å². The van der Waals surface area contributed by atoms with Gasteiger partial charge in [0.05, 0.1) is 17.9 Å². The van der Waals surface area contributed by atoms with Crippen molar-refractivity contribution in [3.63, 3.8) is 0 Å². The Labute approximate surface area is 384 Å². The Bertz CT molecular complexity index is 2530. The van der Waals surface area contributed by atoms with Gasteiger partial charge in [-0.1, -0.05) is 68.0 Å². The summed E-state index contributed by atoms with van der Waals surface area (Å²) in [5.74, 6) is -6.79. The number of Topliss-reactive ketones (excluding diaryl/α,β-unsaturated/α-hetero) is 2. The molecule has 13 heteroatoms. The number of ketones is 3. The van der Waals surface area contributed by atoms with Crippen molar-refractivity contribution in [3.8, 4) is 0 Å². The van der Waals surface area contributed by atoms with E-state index in [4.69, 9.17) is 14.2 Å². The monoisotopic (exact) mass is 905 g/mol. The number of fused-ring (bicyclic) bond motifs is 6. The summed E-state index contributed by atoms with van der Waals surface area (Å²) < 4.78 is 34.1. The number of aliphatic hydroxyl groups excluding tert-OH is 1. The van der Waals surface area contributed by atoms with Gasteiger partial charge in [0, 0.05) is 53.3 Å². The lowest BCUT2D eigenvalue weighted by molar-refractivity contribution is -0.220. The molecule has 8 rings (SSSR count). The summed E-state index contributed by atoms with van der Waals surface area (Å²) in [5, 5.41) is 25.8. The third kappa shape index (κ3) is 8.35. The number of hydrogen-bond donors (Lipinski definition) is 2. The van der Waals surface area contributed by atoms with E-state index in [1.54, 1.807) is 84.3 Å². The molecule has 4 saturated carbocycles. The van der Waals surface area contributed by atoms with E-state index >= 15 is 4.39 Å². The zero-order chi connectivity index (χ0) is 47.6. The Kier molecular flexibility index (Phi) is 12.4. The van der Waals surface area contributed by atoms with Gasteiger partial charge in [0.2, 0.25) is 5.78 Å². The Morgan fingerprint density at radius 2 is 1.62 bits per heavy atom. The number of halogens is 1. The molecule has 0 spiro atoms. The summed E-state index contributed by atoms with van der Waals surface area (Å²) in [6.45, 7) is 9.67. The Morgan fingerprint density at radius 3 is 2.33 bits per heavy atom. The molecule has 11 atom stereocenters. The molecule has 0 bridgehead atoms. The third-order valence-corrected chi connectivity index (χ3v) is 15.7. The fourth-order valence-corrected chi connectivity index (χ4v) is 12.1. The number of aromatic nitrogens is 1. The topological polar surface area (TPSA) is 183 Å². The van der Waals surface area contributed by atoms with Crippen LogP contribution in [0.25, 0.3) is 10.8 Å². The highest BCUT2D eigenvalue weighted by Gasteiger charge is 2.75. The minimum atomic E-state index is -2.12. The number of aliphatic hydroxyl groups is 2. The highest BCUT2D eigenvalue weighted by molar-refractivity contribution is 6.01. The van der Waals surface area contributed by atoms with Crippen LogP contribution < -0.4 is 0 Å². The number of carbonyl (C=O) groups is 6. The standard InChI is InChI=1S/C53H60FNO11/c1-30-21-42-41-15-13-36-24-37(56)17-19-50(36,5)52(41,54)44(58)26-51(42,6)53(30,63)45(59)29-65-48(62)40-25-39(40)47(61)64-28-31-7-10-33(11-8-31)38(14-16-46(60)66-49(2,3)4)43(57)23-32-9-12-35-27-55-20-18-34(35)22-32/h7-12,17-20,22,24,27,30,38-42,44,58,63H,13-16,21,23,25-26,28-29H2,1-6H3/t30-,38-,39?,40?,41+,42+,44+,50+,51+,52+,53+/m1/s1. The van der Waals surface area contributed by atoms with E-state index in [2.05, 4.69) is 4.98 Å². The molecule has 1 aromatic heterocycles. The normalized spacial score (nSPS) is 32.6. The Balaban J connectivity index is 0.856. The molecule has 0 saturated heterocycles. The van der Waals surface area contributed by atoms with Crippen molar-refractivity contribution < 1.29 is 57.6 Å². The van der Waals surface area contributed by atoms with Crippen LogP contribution in [0.3, 0.4) is 0 Å². The van der Waals surface area contributed by atoms with Gasteiger partial charge in [-0.05, 0) is 118 Å². The van der Waals surface area contributed by atoms with Crippen molar-refractivity contribution >= 4 is 46.0 Å². The number of allylic oxidation sites excluding steroid dienone is 4. The van der Waals surface area contributed by atoms with E-state index in [-0.39, 0.29) is 50.3 Å². The van der Waals surface area contributed by atoms with E-state index in [1.165, 1.54) is 12.2 Å². The predicted molar refractivity (Wildman–Crippen MR) is 240 cm³/mol. The third-order valence-electron chi connectivity index (χ3n) is 15.7. The summed E-state index contributed by atoms with van der Waals surface area (Å²) in [6.07, 6.45) is 7.81. The van der Waals surface area contributed by atoms with Gasteiger partial charge in [-0.2, -0.15) is 0 Å². The van der Waals surface area contributed by atoms with Crippen molar-refractivity contribution in [1.29, 1.82) is 0 Å². The average molecular weight is 906 g/mol. The van der Waals surface area contributed by atoms with Crippen molar-refractivity contribution in [1.82, 2.24) is 4.98 Å². The zero-order valence-corrected chi connectivity index (χ0v) is 38.5. The summed E-state index contributed by atoms with van der Waals surface area (Å²) in [4.78, 5) is 83.2. The van der Waals surface area contributed by atoms with Gasteiger partial charge < -0.3 is 24.4 Å². The summed E-state index contributed by atoms with van der Waals surface area (Å²) in [5.41, 5.74) is -4.42. The fourth-order valence-electron chi connectivity index (χ4n) is 12.1. The second kappa shape index (κ2) is 17.4. The van der Waals surface area contributed by atoms with Gasteiger partial charge in [-0.25, -0.2) is 4.39 Å². The molecule has 2 N–H and O–H groups in total. The second-order valence-electron chi connectivity index (χ2n) is 20.9. The van der Waals surface area contributed by atoms with Crippen molar-refractivity contribution in [2.24, 2.45) is 40.4 Å². The number of esters is 3. The smallest absolute Gasteiger partial charge is 0.310 e. The summed E-state index contributed by atoms with van der Waals surface area (Å²) >= 11 is 0. The maximum Gasteiger partial charge on any atom is 0.310 e. The molecule has 0 aliphatic heterocycles. The van der Waals surface area contributed by atoms with E-state index in [0.29, 0.717) is 36.0 Å². The van der Waals surface area contributed by atoms with Crippen LogP contribution in [-0.2, 0) is 56.0 Å². The molecule has 0 amide bonds. The van der Waals surface area contributed by atoms with E-state index in [9.17, 15) is 39.0 Å². The van der Waals surface area contributed by atoms with Gasteiger partial charge in [-0.3, -0.25) is 33.8 Å². The van der Waals surface area contributed by atoms with Crippen LogP contribution >= 0.6 is 0 Å².